The molecule has 0 amide bonds. The lowest BCUT2D eigenvalue weighted by molar-refractivity contribution is 0.460. The van der Waals surface area contributed by atoms with Crippen molar-refractivity contribution in [3.8, 4) is 0 Å². The Labute approximate surface area is 178 Å². The van der Waals surface area contributed by atoms with E-state index in [0.29, 0.717) is 11.8 Å². The minimum Gasteiger partial charge on any atom is -0.357 e. The van der Waals surface area contributed by atoms with Crippen molar-refractivity contribution < 1.29 is 0 Å². The van der Waals surface area contributed by atoms with E-state index in [9.17, 15) is 0 Å². The highest BCUT2D eigenvalue weighted by atomic mass is 127. The van der Waals surface area contributed by atoms with Gasteiger partial charge in [-0.15, -0.1) is 35.3 Å². The molecule has 0 radical (unpaired) electrons. The third-order valence-electron chi connectivity index (χ3n) is 4.12. The summed E-state index contributed by atoms with van der Waals surface area (Å²) in [5.41, 5.74) is 2.33. The van der Waals surface area contributed by atoms with Crippen LogP contribution < -0.4 is 5.32 Å². The quantitative estimate of drug-likeness (QED) is 0.360. The van der Waals surface area contributed by atoms with Crippen molar-refractivity contribution in [2.75, 3.05) is 20.1 Å². The van der Waals surface area contributed by atoms with Gasteiger partial charge in [-0.25, -0.2) is 4.98 Å². The van der Waals surface area contributed by atoms with Crippen LogP contribution in [0.3, 0.4) is 0 Å². The lowest BCUT2D eigenvalue weighted by atomic mass is 9.89. The first-order chi connectivity index (χ1) is 12.0. The molecule has 0 aliphatic carbocycles. The van der Waals surface area contributed by atoms with E-state index < -0.39 is 0 Å². The van der Waals surface area contributed by atoms with E-state index in [1.54, 1.807) is 11.3 Å². The molecule has 2 aromatic heterocycles. The Morgan fingerprint density at radius 3 is 2.69 bits per heavy atom. The van der Waals surface area contributed by atoms with Crippen molar-refractivity contribution in [3.05, 3.63) is 46.2 Å². The van der Waals surface area contributed by atoms with E-state index in [1.165, 1.54) is 5.56 Å². The van der Waals surface area contributed by atoms with Crippen molar-refractivity contribution in [2.45, 2.75) is 40.2 Å². The molecule has 1 N–H and O–H groups in total. The van der Waals surface area contributed by atoms with Gasteiger partial charge in [0, 0.05) is 43.8 Å². The molecule has 2 rings (SSSR count). The van der Waals surface area contributed by atoms with Crippen LogP contribution in [0, 0.1) is 12.8 Å². The number of halogens is 1. The number of hydrogen-bond acceptors (Lipinski definition) is 4. The fraction of sp³-hybridized carbons (Fsp3) is 0.526. The van der Waals surface area contributed by atoms with Crippen molar-refractivity contribution in [3.63, 3.8) is 0 Å². The van der Waals surface area contributed by atoms with Crippen molar-refractivity contribution in [1.29, 1.82) is 0 Å². The second kappa shape index (κ2) is 11.5. The first-order valence-corrected chi connectivity index (χ1v) is 9.69. The second-order valence-electron chi connectivity index (χ2n) is 6.55. The largest absolute Gasteiger partial charge is 0.357 e. The Morgan fingerprint density at radius 1 is 1.38 bits per heavy atom. The van der Waals surface area contributed by atoms with Gasteiger partial charge in [0.25, 0.3) is 0 Å². The SMILES string of the molecule is CCNC(=NCC(c1cccnc1)C(C)C)N(C)Cc1csc(C)n1.I. The fourth-order valence-electron chi connectivity index (χ4n) is 2.75. The number of thiazole rings is 1. The molecule has 0 aliphatic heterocycles. The predicted octanol–water partition coefficient (Wildman–Crippen LogP) is 4.30. The zero-order valence-corrected chi connectivity index (χ0v) is 19.4. The fourth-order valence-corrected chi connectivity index (χ4v) is 3.35. The zero-order chi connectivity index (χ0) is 18.2. The average molecular weight is 487 g/mol. The number of aliphatic imine (C=N–C) groups is 1. The van der Waals surface area contributed by atoms with E-state index in [-0.39, 0.29) is 24.0 Å². The number of hydrogen-bond donors (Lipinski definition) is 1. The molecular weight excluding hydrogens is 457 g/mol. The van der Waals surface area contributed by atoms with Gasteiger partial charge in [-0.2, -0.15) is 0 Å². The average Bonchev–Trinajstić information content (AvgIpc) is 2.99. The first kappa shape index (κ1) is 22.8. The smallest absolute Gasteiger partial charge is 0.194 e. The van der Waals surface area contributed by atoms with E-state index in [2.05, 4.69) is 59.4 Å². The van der Waals surface area contributed by atoms with Crippen molar-refractivity contribution in [2.24, 2.45) is 10.9 Å². The molecule has 7 heteroatoms. The highest BCUT2D eigenvalue weighted by Crippen LogP contribution is 2.24. The predicted molar refractivity (Wildman–Crippen MR) is 122 cm³/mol. The van der Waals surface area contributed by atoms with Gasteiger partial charge in [-0.1, -0.05) is 19.9 Å². The molecular formula is C19H30IN5S. The van der Waals surface area contributed by atoms with Gasteiger partial charge >= 0.3 is 0 Å². The summed E-state index contributed by atoms with van der Waals surface area (Å²) in [5, 5.41) is 6.60. The summed E-state index contributed by atoms with van der Waals surface area (Å²) >= 11 is 1.69. The van der Waals surface area contributed by atoms with E-state index >= 15 is 0 Å². The minimum absolute atomic E-state index is 0. The highest BCUT2D eigenvalue weighted by molar-refractivity contribution is 14.0. The third kappa shape index (κ3) is 6.83. The lowest BCUT2D eigenvalue weighted by Crippen LogP contribution is -2.39. The van der Waals surface area contributed by atoms with Crippen LogP contribution in [0.15, 0.2) is 34.9 Å². The molecule has 0 bridgehead atoms. The summed E-state index contributed by atoms with van der Waals surface area (Å²) in [6, 6.07) is 4.14. The number of guanidine groups is 1. The normalized spacial score (nSPS) is 12.6. The van der Waals surface area contributed by atoms with E-state index in [4.69, 9.17) is 4.99 Å². The Kier molecular flexibility index (Phi) is 10.1. The first-order valence-electron chi connectivity index (χ1n) is 8.81. The van der Waals surface area contributed by atoms with Crippen LogP contribution in [0.25, 0.3) is 0 Å². The number of nitrogens with one attached hydrogen (secondary N) is 1. The number of pyridine rings is 1. The maximum absolute atomic E-state index is 4.89. The van der Waals surface area contributed by atoms with Crippen molar-refractivity contribution in [1.82, 2.24) is 20.2 Å². The van der Waals surface area contributed by atoms with Crippen LogP contribution in [0.4, 0.5) is 0 Å². The van der Waals surface area contributed by atoms with Crippen LogP contribution in [-0.2, 0) is 6.54 Å². The standard InChI is InChI=1S/C19H29N5S.HI/c1-6-21-19(24(5)12-17-13-25-15(4)23-17)22-11-18(14(2)3)16-8-7-9-20-10-16;/h7-10,13-14,18H,6,11-12H2,1-5H3,(H,21,22);1H. The van der Waals surface area contributed by atoms with Crippen LogP contribution in [0.1, 0.15) is 43.0 Å². The number of aromatic nitrogens is 2. The summed E-state index contributed by atoms with van der Waals surface area (Å²) in [6.07, 6.45) is 3.77. The number of aryl methyl sites for hydroxylation is 1. The Hall–Kier alpha value is -1.22. The second-order valence-corrected chi connectivity index (χ2v) is 7.61. The minimum atomic E-state index is 0. The van der Waals surface area contributed by atoms with Gasteiger partial charge in [-0.3, -0.25) is 9.98 Å². The molecule has 0 fully saturated rings. The van der Waals surface area contributed by atoms with E-state index in [1.807, 2.05) is 25.4 Å². The molecule has 1 unspecified atom stereocenters. The topological polar surface area (TPSA) is 53.4 Å². The summed E-state index contributed by atoms with van der Waals surface area (Å²) in [6.45, 7) is 11.0. The maximum atomic E-state index is 4.89. The molecule has 1 atom stereocenters. The van der Waals surface area contributed by atoms with Crippen LogP contribution in [-0.4, -0.2) is 41.0 Å². The van der Waals surface area contributed by atoms with Gasteiger partial charge in [-0.05, 0) is 31.4 Å². The van der Waals surface area contributed by atoms with Gasteiger partial charge in [0.1, 0.15) is 0 Å². The van der Waals surface area contributed by atoms with Crippen LogP contribution >= 0.6 is 35.3 Å². The molecule has 2 aromatic rings. The molecule has 0 aromatic carbocycles. The van der Waals surface area contributed by atoms with Gasteiger partial charge in [0.2, 0.25) is 0 Å². The molecule has 2 heterocycles. The van der Waals surface area contributed by atoms with Crippen LogP contribution in [0.2, 0.25) is 0 Å². The molecule has 0 saturated carbocycles. The van der Waals surface area contributed by atoms with Gasteiger partial charge in [0.15, 0.2) is 5.96 Å². The third-order valence-corrected chi connectivity index (χ3v) is 4.94. The molecule has 0 aliphatic rings. The Balaban J connectivity index is 0.00000338. The summed E-state index contributed by atoms with van der Waals surface area (Å²) in [4.78, 5) is 15.8. The molecule has 144 valence electrons. The van der Waals surface area contributed by atoms with Gasteiger partial charge in [0.05, 0.1) is 17.2 Å². The molecule has 26 heavy (non-hydrogen) atoms. The maximum Gasteiger partial charge on any atom is 0.194 e. The summed E-state index contributed by atoms with van der Waals surface area (Å²) in [7, 11) is 2.06. The summed E-state index contributed by atoms with van der Waals surface area (Å²) < 4.78 is 0. The van der Waals surface area contributed by atoms with E-state index in [0.717, 1.165) is 36.3 Å². The molecule has 0 saturated heterocycles. The van der Waals surface area contributed by atoms with Crippen molar-refractivity contribution >= 4 is 41.3 Å². The monoisotopic (exact) mass is 487 g/mol. The summed E-state index contributed by atoms with van der Waals surface area (Å²) in [5.74, 6) is 1.78. The van der Waals surface area contributed by atoms with Crippen LogP contribution in [0.5, 0.6) is 0 Å². The van der Waals surface area contributed by atoms with Gasteiger partial charge < -0.3 is 10.2 Å². The highest BCUT2D eigenvalue weighted by Gasteiger charge is 2.17. The number of nitrogens with zero attached hydrogens (tertiary/aromatic N) is 4. The molecule has 5 nitrogen and oxygen atoms in total. The Morgan fingerprint density at radius 2 is 2.15 bits per heavy atom. The molecule has 0 spiro atoms. The zero-order valence-electron chi connectivity index (χ0n) is 16.3. The number of rotatable bonds is 7. The lowest BCUT2D eigenvalue weighted by Gasteiger charge is -2.24. The Bertz CT molecular complexity index is 672.